The van der Waals surface area contributed by atoms with Crippen molar-refractivity contribution in [1.29, 1.82) is 0 Å². The number of hydrogen-bond donors (Lipinski definition) is 1. The number of thiophene rings is 1. The molecule has 0 spiro atoms. The highest BCUT2D eigenvalue weighted by atomic mass is 32.1. The van der Waals surface area contributed by atoms with Crippen LogP contribution in [0.3, 0.4) is 0 Å². The molecular formula is C27H43NO4S. The van der Waals surface area contributed by atoms with E-state index in [1.807, 2.05) is 17.9 Å². The van der Waals surface area contributed by atoms with Crippen molar-refractivity contribution in [3.05, 3.63) is 15.8 Å². The van der Waals surface area contributed by atoms with E-state index in [4.69, 9.17) is 4.74 Å². The number of carboxylic acids is 1. The highest BCUT2D eigenvalue weighted by Gasteiger charge is 2.34. The smallest absolute Gasteiger partial charge is 0.348 e. The van der Waals surface area contributed by atoms with E-state index in [9.17, 15) is 14.7 Å². The van der Waals surface area contributed by atoms with Gasteiger partial charge in [-0.25, -0.2) is 4.79 Å². The van der Waals surface area contributed by atoms with Crippen LogP contribution in [0, 0.1) is 17.3 Å². The molecule has 6 heteroatoms. The molecule has 2 fully saturated rings. The summed E-state index contributed by atoms with van der Waals surface area (Å²) in [6.07, 6.45) is 10.2. The minimum atomic E-state index is -0.919. The van der Waals surface area contributed by atoms with Crippen molar-refractivity contribution in [1.82, 2.24) is 0 Å². The van der Waals surface area contributed by atoms with Crippen LogP contribution in [0.4, 0.5) is 5.69 Å². The second-order valence-corrected chi connectivity index (χ2v) is 12.3. The molecular weight excluding hydrogens is 434 g/mol. The Hall–Kier alpha value is -1.40. The fourth-order valence-corrected chi connectivity index (χ4v) is 6.54. The summed E-state index contributed by atoms with van der Waals surface area (Å²) in [5.41, 5.74) is 0.991. The molecule has 1 heterocycles. The van der Waals surface area contributed by atoms with E-state index in [1.54, 1.807) is 7.11 Å². The Balaban J connectivity index is 1.86. The summed E-state index contributed by atoms with van der Waals surface area (Å²) in [7, 11) is 1.70. The van der Waals surface area contributed by atoms with Gasteiger partial charge in [-0.3, -0.25) is 4.79 Å². The van der Waals surface area contributed by atoms with E-state index in [2.05, 4.69) is 20.8 Å². The Bertz CT molecular complexity index is 799. The van der Waals surface area contributed by atoms with E-state index in [-0.39, 0.29) is 17.9 Å². The lowest BCUT2D eigenvalue weighted by Crippen LogP contribution is -2.39. The zero-order valence-corrected chi connectivity index (χ0v) is 22.0. The molecule has 0 aliphatic heterocycles. The first-order valence-electron chi connectivity index (χ1n) is 12.8. The Labute approximate surface area is 203 Å². The number of carboxylic acid groups (broad SMARTS) is 1. The molecule has 0 aromatic carbocycles. The van der Waals surface area contributed by atoms with Crippen LogP contribution in [0.5, 0.6) is 0 Å². The molecule has 1 aromatic heterocycles. The largest absolute Gasteiger partial charge is 0.477 e. The molecule has 1 atom stereocenters. The van der Waals surface area contributed by atoms with Crippen molar-refractivity contribution in [2.45, 2.75) is 104 Å². The first-order chi connectivity index (χ1) is 15.6. The maximum atomic E-state index is 13.7. The van der Waals surface area contributed by atoms with Gasteiger partial charge in [-0.05, 0) is 94.4 Å². The van der Waals surface area contributed by atoms with E-state index >= 15 is 0 Å². The second-order valence-electron chi connectivity index (χ2n) is 11.2. The summed E-state index contributed by atoms with van der Waals surface area (Å²) < 4.78 is 5.39. The van der Waals surface area contributed by atoms with Gasteiger partial charge in [0.2, 0.25) is 5.91 Å². The number of carbonyl (C=O) groups excluding carboxylic acids is 1. The predicted octanol–water partition coefficient (Wildman–Crippen LogP) is 7.10. The lowest BCUT2D eigenvalue weighted by molar-refractivity contribution is -0.123. The van der Waals surface area contributed by atoms with Crippen LogP contribution in [0.25, 0.3) is 0 Å². The predicted molar refractivity (Wildman–Crippen MR) is 135 cm³/mol. The minimum absolute atomic E-state index is 0.00141. The standard InChI is InChI=1S/C27H43NO4S/c1-18-8-10-21(11-9-18)25(29)28(16-6-7-19(2)32-5)22-17-23(33-24(22)26(30)31)20-12-14-27(3,4)15-13-20/h17-21H,6-16H2,1-5H3,(H,30,31). The van der Waals surface area contributed by atoms with E-state index in [0.29, 0.717) is 34.4 Å². The van der Waals surface area contributed by atoms with Crippen LogP contribution >= 0.6 is 11.3 Å². The average Bonchev–Trinajstić information content (AvgIpc) is 3.22. The van der Waals surface area contributed by atoms with Gasteiger partial charge in [-0.2, -0.15) is 0 Å². The maximum Gasteiger partial charge on any atom is 0.348 e. The SMILES string of the molecule is COC(C)CCCN(C(=O)C1CCC(C)CC1)c1cc(C2CCC(C)(C)CC2)sc1C(=O)O. The molecule has 1 amide bonds. The number of ether oxygens (including phenoxy) is 1. The highest BCUT2D eigenvalue weighted by Crippen LogP contribution is 2.46. The summed E-state index contributed by atoms with van der Waals surface area (Å²) in [6, 6.07) is 2.04. The van der Waals surface area contributed by atoms with Crippen molar-refractivity contribution >= 4 is 28.9 Å². The van der Waals surface area contributed by atoms with E-state index in [0.717, 1.165) is 69.1 Å². The summed E-state index contributed by atoms with van der Waals surface area (Å²) >= 11 is 1.39. The fraction of sp³-hybridized carbons (Fsp3) is 0.778. The van der Waals surface area contributed by atoms with Gasteiger partial charge in [0, 0.05) is 24.4 Å². The topological polar surface area (TPSA) is 66.8 Å². The van der Waals surface area contributed by atoms with Crippen molar-refractivity contribution in [2.75, 3.05) is 18.6 Å². The molecule has 0 saturated heterocycles. The lowest BCUT2D eigenvalue weighted by Gasteiger charge is -2.34. The number of hydrogen-bond acceptors (Lipinski definition) is 4. The molecule has 0 radical (unpaired) electrons. The van der Waals surface area contributed by atoms with Gasteiger partial charge in [0.1, 0.15) is 4.88 Å². The summed E-state index contributed by atoms with van der Waals surface area (Å²) in [6.45, 7) is 9.47. The van der Waals surface area contributed by atoms with Gasteiger partial charge in [-0.15, -0.1) is 11.3 Å². The zero-order chi connectivity index (χ0) is 24.2. The Morgan fingerprint density at radius 3 is 2.39 bits per heavy atom. The maximum absolute atomic E-state index is 13.7. The highest BCUT2D eigenvalue weighted by molar-refractivity contribution is 7.14. The van der Waals surface area contributed by atoms with E-state index in [1.165, 1.54) is 11.3 Å². The average molecular weight is 478 g/mol. The summed E-state index contributed by atoms with van der Waals surface area (Å²) in [5.74, 6) is 0.265. The third-order valence-electron chi connectivity index (χ3n) is 7.98. The van der Waals surface area contributed by atoms with Crippen LogP contribution in [-0.2, 0) is 9.53 Å². The van der Waals surface area contributed by atoms with Crippen molar-refractivity contribution in [3.8, 4) is 0 Å². The van der Waals surface area contributed by atoms with Crippen LogP contribution in [0.15, 0.2) is 6.07 Å². The fourth-order valence-electron chi connectivity index (χ4n) is 5.37. The summed E-state index contributed by atoms with van der Waals surface area (Å²) in [4.78, 5) is 29.2. The molecule has 1 aromatic rings. The number of rotatable bonds is 9. The quantitative estimate of drug-likeness (QED) is 0.412. The van der Waals surface area contributed by atoms with Crippen molar-refractivity contribution < 1.29 is 19.4 Å². The first-order valence-corrected chi connectivity index (χ1v) is 13.6. The molecule has 2 aliphatic carbocycles. The molecule has 5 nitrogen and oxygen atoms in total. The normalized spacial score (nSPS) is 24.4. The van der Waals surface area contributed by atoms with Gasteiger partial charge in [0.15, 0.2) is 0 Å². The molecule has 2 aliphatic rings. The minimum Gasteiger partial charge on any atom is -0.477 e. The number of aromatic carboxylic acids is 1. The zero-order valence-electron chi connectivity index (χ0n) is 21.2. The number of amides is 1. The molecule has 1 unspecified atom stereocenters. The summed E-state index contributed by atoms with van der Waals surface area (Å²) in [5, 5.41) is 10.0. The Kier molecular flexibility index (Phi) is 9.02. The molecule has 0 bridgehead atoms. The van der Waals surface area contributed by atoms with Gasteiger partial charge in [0.05, 0.1) is 11.8 Å². The molecule has 1 N–H and O–H groups in total. The number of carbonyl (C=O) groups is 2. The van der Waals surface area contributed by atoms with Crippen LogP contribution in [0.1, 0.15) is 112 Å². The molecule has 3 rings (SSSR count). The Morgan fingerprint density at radius 2 is 1.82 bits per heavy atom. The van der Waals surface area contributed by atoms with Gasteiger partial charge < -0.3 is 14.7 Å². The molecule has 186 valence electrons. The van der Waals surface area contributed by atoms with E-state index < -0.39 is 5.97 Å². The van der Waals surface area contributed by atoms with Gasteiger partial charge >= 0.3 is 5.97 Å². The van der Waals surface area contributed by atoms with Crippen molar-refractivity contribution in [2.24, 2.45) is 17.3 Å². The number of methoxy groups -OCH3 is 1. The van der Waals surface area contributed by atoms with Crippen LogP contribution in [0.2, 0.25) is 0 Å². The van der Waals surface area contributed by atoms with Gasteiger partial charge in [-0.1, -0.05) is 20.8 Å². The monoisotopic (exact) mass is 477 g/mol. The lowest BCUT2D eigenvalue weighted by atomic mass is 9.73. The van der Waals surface area contributed by atoms with Crippen molar-refractivity contribution in [3.63, 3.8) is 0 Å². The molecule has 33 heavy (non-hydrogen) atoms. The number of nitrogens with zero attached hydrogens (tertiary/aromatic N) is 1. The second kappa shape index (κ2) is 11.4. The number of anilines is 1. The van der Waals surface area contributed by atoms with Crippen LogP contribution in [-0.4, -0.2) is 36.7 Å². The molecule has 2 saturated carbocycles. The van der Waals surface area contributed by atoms with Gasteiger partial charge in [0.25, 0.3) is 0 Å². The third-order valence-corrected chi connectivity index (χ3v) is 9.26. The Morgan fingerprint density at radius 1 is 1.18 bits per heavy atom. The first kappa shape index (κ1) is 26.2. The van der Waals surface area contributed by atoms with Crippen LogP contribution < -0.4 is 4.90 Å². The third kappa shape index (κ3) is 6.82.